The summed E-state index contributed by atoms with van der Waals surface area (Å²) in [5.41, 5.74) is 2.91. The standard InChI is InChI=1S/C19H27FN6S/c1-13(21-2)17-19(23-4)27-16(26-17)9-12-24-10-6-11-25-15-8-5-7-14(20)18(15)22-3/h5,7-8,21,24-25H,3,6,9-12H2,1-2,4H3/b17-13+,23-19+. The molecule has 27 heavy (non-hydrogen) atoms. The Morgan fingerprint density at radius 2 is 2.11 bits per heavy atom. The molecule has 0 aliphatic carbocycles. The average Bonchev–Trinajstić information content (AvgIpc) is 3.10. The molecule has 146 valence electrons. The molecule has 0 spiro atoms. The maximum absolute atomic E-state index is 13.6. The lowest BCUT2D eigenvalue weighted by atomic mass is 10.2. The number of halogens is 1. The Morgan fingerprint density at radius 1 is 1.30 bits per heavy atom. The number of benzene rings is 1. The molecule has 0 fully saturated rings. The lowest BCUT2D eigenvalue weighted by molar-refractivity contribution is 0.630. The van der Waals surface area contributed by atoms with Gasteiger partial charge in [0.1, 0.15) is 16.4 Å². The lowest BCUT2D eigenvalue weighted by Gasteiger charge is -2.10. The number of aliphatic imine (C=N–C) groups is 3. The minimum Gasteiger partial charge on any atom is -0.390 e. The van der Waals surface area contributed by atoms with E-state index < -0.39 is 0 Å². The van der Waals surface area contributed by atoms with Crippen molar-refractivity contribution in [3.8, 4) is 0 Å². The highest BCUT2D eigenvalue weighted by Gasteiger charge is 2.20. The van der Waals surface area contributed by atoms with E-state index in [0.717, 1.165) is 54.0 Å². The van der Waals surface area contributed by atoms with Crippen molar-refractivity contribution in [2.75, 3.05) is 39.0 Å². The number of hydrogen-bond acceptors (Lipinski definition) is 7. The first-order valence-corrected chi connectivity index (χ1v) is 9.73. The molecule has 1 aromatic carbocycles. The van der Waals surface area contributed by atoms with Crippen LogP contribution in [-0.2, 0) is 0 Å². The van der Waals surface area contributed by atoms with E-state index in [1.54, 1.807) is 30.9 Å². The fourth-order valence-corrected chi connectivity index (χ4v) is 3.50. The fourth-order valence-electron chi connectivity index (χ4n) is 2.55. The molecule has 1 heterocycles. The Hall–Kier alpha value is -2.19. The minimum absolute atomic E-state index is 0.274. The van der Waals surface area contributed by atoms with Crippen LogP contribution in [0, 0.1) is 5.82 Å². The van der Waals surface area contributed by atoms with Crippen molar-refractivity contribution in [2.45, 2.75) is 19.8 Å². The second-order valence-corrected chi connectivity index (χ2v) is 7.00. The number of rotatable bonds is 10. The molecule has 3 N–H and O–H groups in total. The molecule has 0 unspecified atom stereocenters. The zero-order chi connectivity index (χ0) is 19.6. The quantitative estimate of drug-likeness (QED) is 0.422. The maximum atomic E-state index is 13.6. The van der Waals surface area contributed by atoms with E-state index in [1.807, 2.05) is 14.0 Å². The zero-order valence-corrected chi connectivity index (χ0v) is 16.9. The number of anilines is 1. The van der Waals surface area contributed by atoms with Crippen molar-refractivity contribution in [3.63, 3.8) is 0 Å². The summed E-state index contributed by atoms with van der Waals surface area (Å²) in [6, 6.07) is 4.85. The summed E-state index contributed by atoms with van der Waals surface area (Å²) in [7, 11) is 3.68. The first-order valence-electron chi connectivity index (χ1n) is 8.91. The van der Waals surface area contributed by atoms with Crippen molar-refractivity contribution in [1.29, 1.82) is 0 Å². The molecule has 0 saturated heterocycles. The molecule has 6 nitrogen and oxygen atoms in total. The van der Waals surface area contributed by atoms with Gasteiger partial charge in [-0.3, -0.25) is 9.98 Å². The average molecular weight is 391 g/mol. The van der Waals surface area contributed by atoms with Crippen LogP contribution in [0.4, 0.5) is 15.8 Å². The van der Waals surface area contributed by atoms with Crippen LogP contribution >= 0.6 is 11.8 Å². The van der Waals surface area contributed by atoms with Gasteiger partial charge in [0.25, 0.3) is 0 Å². The Morgan fingerprint density at radius 3 is 2.81 bits per heavy atom. The van der Waals surface area contributed by atoms with Gasteiger partial charge in [0.2, 0.25) is 0 Å². The molecule has 0 amide bonds. The number of thioether (sulfide) groups is 1. The largest absolute Gasteiger partial charge is 0.390 e. The smallest absolute Gasteiger partial charge is 0.150 e. The molecule has 0 saturated carbocycles. The predicted molar refractivity (Wildman–Crippen MR) is 116 cm³/mol. The molecule has 1 aliphatic rings. The maximum Gasteiger partial charge on any atom is 0.150 e. The molecular formula is C19H27FN6S. The number of allylic oxidation sites excluding steroid dienone is 1. The van der Waals surface area contributed by atoms with Gasteiger partial charge in [0.15, 0.2) is 5.82 Å². The van der Waals surface area contributed by atoms with E-state index in [4.69, 9.17) is 0 Å². The van der Waals surface area contributed by atoms with Crippen molar-refractivity contribution in [3.05, 3.63) is 35.4 Å². The third-order valence-electron chi connectivity index (χ3n) is 4.09. The van der Waals surface area contributed by atoms with Crippen molar-refractivity contribution in [1.82, 2.24) is 10.6 Å². The number of nitrogens with zero attached hydrogens (tertiary/aromatic N) is 3. The van der Waals surface area contributed by atoms with E-state index in [2.05, 4.69) is 37.6 Å². The normalized spacial score (nSPS) is 17.0. The number of hydrogen-bond donors (Lipinski definition) is 3. The van der Waals surface area contributed by atoms with Crippen LogP contribution in [0.3, 0.4) is 0 Å². The highest BCUT2D eigenvalue weighted by molar-refractivity contribution is 8.27. The minimum atomic E-state index is -0.361. The van der Waals surface area contributed by atoms with Gasteiger partial charge in [-0.1, -0.05) is 17.8 Å². The Labute approximate surface area is 164 Å². The highest BCUT2D eigenvalue weighted by Crippen LogP contribution is 2.28. The van der Waals surface area contributed by atoms with E-state index in [-0.39, 0.29) is 11.5 Å². The van der Waals surface area contributed by atoms with Gasteiger partial charge in [0, 0.05) is 39.3 Å². The molecule has 8 heteroatoms. The van der Waals surface area contributed by atoms with Crippen LogP contribution in [-0.4, -0.2) is 50.5 Å². The number of para-hydroxylation sites is 1. The molecular weight excluding hydrogens is 363 g/mol. The van der Waals surface area contributed by atoms with Crippen LogP contribution in [0.15, 0.2) is 44.6 Å². The van der Waals surface area contributed by atoms with Crippen LogP contribution in [0.25, 0.3) is 0 Å². The monoisotopic (exact) mass is 390 g/mol. The van der Waals surface area contributed by atoms with Crippen LogP contribution in [0.5, 0.6) is 0 Å². The SMILES string of the molecule is C=Nc1c(F)cccc1NCCCNCCC1=NC(=C(\C)NC)/C(=N\C)S1. The topological polar surface area (TPSA) is 73.2 Å². The predicted octanol–water partition coefficient (Wildman–Crippen LogP) is 3.56. The fraction of sp³-hybridized carbons (Fsp3) is 0.421. The van der Waals surface area contributed by atoms with Crippen LogP contribution in [0.1, 0.15) is 19.8 Å². The van der Waals surface area contributed by atoms with Crippen LogP contribution in [0.2, 0.25) is 0 Å². The second kappa shape index (κ2) is 10.8. The van der Waals surface area contributed by atoms with Gasteiger partial charge < -0.3 is 16.0 Å². The van der Waals surface area contributed by atoms with Gasteiger partial charge >= 0.3 is 0 Å². The molecule has 0 radical (unpaired) electrons. The van der Waals surface area contributed by atoms with Gasteiger partial charge in [-0.25, -0.2) is 9.38 Å². The van der Waals surface area contributed by atoms with Gasteiger partial charge in [-0.15, -0.1) is 0 Å². The molecule has 1 aliphatic heterocycles. The van der Waals surface area contributed by atoms with Crippen molar-refractivity contribution >= 4 is 39.9 Å². The van der Waals surface area contributed by atoms with Crippen molar-refractivity contribution < 1.29 is 4.39 Å². The van der Waals surface area contributed by atoms with Gasteiger partial charge in [-0.2, -0.15) is 0 Å². The molecule has 0 bridgehead atoms. The lowest BCUT2D eigenvalue weighted by Crippen LogP contribution is -2.20. The Balaban J connectivity index is 1.69. The van der Waals surface area contributed by atoms with Gasteiger partial charge in [-0.05, 0) is 38.7 Å². The third-order valence-corrected chi connectivity index (χ3v) is 5.19. The van der Waals surface area contributed by atoms with E-state index in [1.165, 1.54) is 6.07 Å². The Kier molecular flexibility index (Phi) is 8.47. The third kappa shape index (κ3) is 5.90. The number of nitrogens with one attached hydrogen (secondary N) is 3. The summed E-state index contributed by atoms with van der Waals surface area (Å²) in [6.07, 6.45) is 1.78. The summed E-state index contributed by atoms with van der Waals surface area (Å²) < 4.78 is 13.6. The summed E-state index contributed by atoms with van der Waals surface area (Å²) in [6.45, 7) is 7.88. The first-order chi connectivity index (χ1) is 13.1. The zero-order valence-electron chi connectivity index (χ0n) is 16.1. The second-order valence-electron chi connectivity index (χ2n) is 5.93. The molecule has 0 aromatic heterocycles. The van der Waals surface area contributed by atoms with Gasteiger partial charge in [0.05, 0.1) is 10.7 Å². The van der Waals surface area contributed by atoms with Crippen molar-refractivity contribution in [2.24, 2.45) is 15.0 Å². The first kappa shape index (κ1) is 21.1. The highest BCUT2D eigenvalue weighted by atomic mass is 32.2. The van der Waals surface area contributed by atoms with Crippen LogP contribution < -0.4 is 16.0 Å². The molecule has 0 atom stereocenters. The van der Waals surface area contributed by atoms with E-state index >= 15 is 0 Å². The Bertz CT molecular complexity index is 757. The van der Waals surface area contributed by atoms with E-state index in [0.29, 0.717) is 5.69 Å². The summed E-state index contributed by atoms with van der Waals surface area (Å²) in [5, 5.41) is 11.8. The molecule has 2 rings (SSSR count). The molecule has 1 aromatic rings. The summed E-state index contributed by atoms with van der Waals surface area (Å²) in [4.78, 5) is 12.7. The summed E-state index contributed by atoms with van der Waals surface area (Å²) >= 11 is 1.63. The summed E-state index contributed by atoms with van der Waals surface area (Å²) in [5.74, 6) is -0.361. The van der Waals surface area contributed by atoms with E-state index in [9.17, 15) is 4.39 Å².